The standard InChI is InChI=1S/2C7H6O2.C2H2N2/c2*8-5-6-3-1-2-4-7(6)9;3-1-2-4/h2*1-5,9H;3-4H. The number of hydrogen-bond acceptors (Lipinski definition) is 6. The fourth-order valence-electron chi connectivity index (χ4n) is 1.17. The number of hydrogen-bond donors (Lipinski definition) is 4. The van der Waals surface area contributed by atoms with Gasteiger partial charge in [-0.15, -0.1) is 0 Å². The molecular formula is C16H14N2O4. The molecule has 0 radical (unpaired) electrons. The average molecular weight is 298 g/mol. The molecule has 0 aliphatic carbocycles. The number of phenols is 2. The molecule has 6 nitrogen and oxygen atoms in total. The molecule has 112 valence electrons. The largest absolute Gasteiger partial charge is 0.507 e. The zero-order valence-electron chi connectivity index (χ0n) is 11.5. The molecule has 0 spiro atoms. The zero-order chi connectivity index (χ0) is 16.8. The highest BCUT2D eigenvalue weighted by molar-refractivity contribution is 5.84. The summed E-state index contributed by atoms with van der Waals surface area (Å²) in [6.45, 7) is 0. The first-order valence-electron chi connectivity index (χ1n) is 5.90. The van der Waals surface area contributed by atoms with Crippen molar-refractivity contribution in [3.63, 3.8) is 0 Å². The highest BCUT2D eigenvalue weighted by Gasteiger charge is 1.93. The second-order valence-corrected chi connectivity index (χ2v) is 3.60. The van der Waals surface area contributed by atoms with Gasteiger partial charge in [-0.05, 0) is 24.3 Å². The summed E-state index contributed by atoms with van der Waals surface area (Å²) in [5, 5.41) is 29.6. The molecule has 0 heterocycles. The third kappa shape index (κ3) is 7.21. The molecule has 0 bridgehead atoms. The van der Waals surface area contributed by atoms with Gasteiger partial charge in [0.1, 0.15) is 11.5 Å². The predicted octanol–water partition coefficient (Wildman–Crippen LogP) is 2.45. The second-order valence-electron chi connectivity index (χ2n) is 3.60. The third-order valence-electron chi connectivity index (χ3n) is 2.19. The lowest BCUT2D eigenvalue weighted by Gasteiger charge is -1.91. The van der Waals surface area contributed by atoms with Gasteiger partial charge in [-0.2, -0.15) is 0 Å². The number of para-hydroxylation sites is 2. The van der Waals surface area contributed by atoms with Gasteiger partial charge < -0.3 is 10.2 Å². The van der Waals surface area contributed by atoms with Crippen molar-refractivity contribution in [3.05, 3.63) is 59.7 Å². The van der Waals surface area contributed by atoms with Crippen LogP contribution in [0.15, 0.2) is 48.5 Å². The number of nitrogens with one attached hydrogen (secondary N) is 2. The summed E-state index contributed by atoms with van der Waals surface area (Å²) in [6.07, 6.45) is 1.24. The van der Waals surface area contributed by atoms with Gasteiger partial charge in [0.05, 0.1) is 22.9 Å². The minimum absolute atomic E-state index is 0.0347. The van der Waals surface area contributed by atoms with Crippen molar-refractivity contribution in [1.29, 1.82) is 10.8 Å². The van der Waals surface area contributed by atoms with E-state index in [1.807, 2.05) is 0 Å². The van der Waals surface area contributed by atoms with Crippen LogP contribution in [0.2, 0.25) is 0 Å². The highest BCUT2D eigenvalue weighted by Crippen LogP contribution is 2.12. The maximum absolute atomic E-state index is 10.1. The van der Waals surface area contributed by atoms with Crippen LogP contribution in [0.4, 0.5) is 0 Å². The van der Waals surface area contributed by atoms with E-state index in [1.165, 1.54) is 12.1 Å². The summed E-state index contributed by atoms with van der Waals surface area (Å²) in [5.74, 6) is 3.26. The predicted molar refractivity (Wildman–Crippen MR) is 82.4 cm³/mol. The summed E-state index contributed by atoms with van der Waals surface area (Å²) >= 11 is 0. The molecule has 0 atom stereocenters. The van der Waals surface area contributed by atoms with Gasteiger partial charge >= 0.3 is 0 Å². The second kappa shape index (κ2) is 11.4. The molecule has 0 aliphatic rings. The Labute approximate surface area is 127 Å². The molecule has 0 saturated heterocycles. The monoisotopic (exact) mass is 298 g/mol. The molecule has 0 saturated carbocycles. The van der Waals surface area contributed by atoms with Gasteiger partial charge in [-0.1, -0.05) is 24.3 Å². The molecule has 22 heavy (non-hydrogen) atoms. The van der Waals surface area contributed by atoms with Crippen LogP contribution in [-0.4, -0.2) is 34.5 Å². The molecule has 0 fully saturated rings. The van der Waals surface area contributed by atoms with Crippen molar-refractivity contribution in [3.8, 4) is 11.5 Å². The van der Waals surface area contributed by atoms with Crippen molar-refractivity contribution < 1.29 is 19.8 Å². The molecule has 0 amide bonds. The van der Waals surface area contributed by atoms with Crippen molar-refractivity contribution in [2.24, 2.45) is 0 Å². The summed E-state index contributed by atoms with van der Waals surface area (Å²) < 4.78 is 0. The van der Waals surface area contributed by atoms with Crippen LogP contribution in [0.3, 0.4) is 0 Å². The van der Waals surface area contributed by atoms with Crippen LogP contribution in [-0.2, 0) is 0 Å². The SMILES string of the molecule is N=C=C=N.O=Cc1ccccc1O.O=Cc1ccccc1O. The van der Waals surface area contributed by atoms with Gasteiger partial charge in [0, 0.05) is 0 Å². The van der Waals surface area contributed by atoms with E-state index in [0.717, 1.165) is 0 Å². The lowest BCUT2D eigenvalue weighted by atomic mass is 10.2. The van der Waals surface area contributed by atoms with E-state index in [2.05, 4.69) is 0 Å². The Hall–Kier alpha value is -3.46. The van der Waals surface area contributed by atoms with E-state index in [1.54, 1.807) is 48.1 Å². The van der Waals surface area contributed by atoms with E-state index in [4.69, 9.17) is 21.0 Å². The quantitative estimate of drug-likeness (QED) is 0.502. The first kappa shape index (κ1) is 18.5. The van der Waals surface area contributed by atoms with E-state index in [0.29, 0.717) is 23.7 Å². The van der Waals surface area contributed by atoms with Crippen molar-refractivity contribution >= 4 is 24.3 Å². The van der Waals surface area contributed by atoms with Crippen molar-refractivity contribution in [2.75, 3.05) is 0 Å². The topological polar surface area (TPSA) is 122 Å². The van der Waals surface area contributed by atoms with Crippen LogP contribution in [0.5, 0.6) is 11.5 Å². The zero-order valence-corrected chi connectivity index (χ0v) is 11.5. The molecule has 6 heteroatoms. The summed E-state index contributed by atoms with van der Waals surface area (Å²) in [6, 6.07) is 12.8. The normalized spacial score (nSPS) is 7.82. The molecular weight excluding hydrogens is 284 g/mol. The number of aldehydes is 2. The van der Waals surface area contributed by atoms with Gasteiger partial charge in [-0.3, -0.25) is 9.59 Å². The Kier molecular flexibility index (Phi) is 9.58. The highest BCUT2D eigenvalue weighted by atomic mass is 16.3. The van der Waals surface area contributed by atoms with Crippen molar-refractivity contribution in [1.82, 2.24) is 0 Å². The first-order valence-corrected chi connectivity index (χ1v) is 5.90. The van der Waals surface area contributed by atoms with Crippen LogP contribution in [0.1, 0.15) is 20.7 Å². The molecule has 0 unspecified atom stereocenters. The van der Waals surface area contributed by atoms with Gasteiger partial charge in [0.2, 0.25) is 0 Å². The Morgan fingerprint density at radius 2 is 1.05 bits per heavy atom. The van der Waals surface area contributed by atoms with Crippen molar-refractivity contribution in [2.45, 2.75) is 0 Å². The van der Waals surface area contributed by atoms with Crippen LogP contribution in [0, 0.1) is 10.8 Å². The molecule has 2 aromatic rings. The fraction of sp³-hybridized carbons (Fsp3) is 0. The molecule has 4 N–H and O–H groups in total. The van der Waals surface area contributed by atoms with E-state index in [-0.39, 0.29) is 11.5 Å². The molecule has 2 rings (SSSR count). The summed E-state index contributed by atoms with van der Waals surface area (Å²) in [5.41, 5.74) is 0.662. The number of aromatic hydroxyl groups is 2. The van der Waals surface area contributed by atoms with E-state index >= 15 is 0 Å². The fourth-order valence-corrected chi connectivity index (χ4v) is 1.17. The number of carbonyl (C=O) groups is 2. The smallest absolute Gasteiger partial charge is 0.153 e. The molecule has 0 aromatic heterocycles. The minimum atomic E-state index is 0.0347. The minimum Gasteiger partial charge on any atom is -0.507 e. The maximum Gasteiger partial charge on any atom is 0.153 e. The Morgan fingerprint density at radius 1 is 0.727 bits per heavy atom. The lowest BCUT2D eigenvalue weighted by molar-refractivity contribution is 0.111. The molecule has 0 aliphatic heterocycles. The van der Waals surface area contributed by atoms with Crippen LogP contribution >= 0.6 is 0 Å². The molecule has 2 aromatic carbocycles. The first-order chi connectivity index (χ1) is 10.6. The number of benzene rings is 2. The number of rotatable bonds is 2. The van der Waals surface area contributed by atoms with Gasteiger partial charge in [0.15, 0.2) is 12.6 Å². The van der Waals surface area contributed by atoms with Gasteiger partial charge in [0.25, 0.3) is 0 Å². The lowest BCUT2D eigenvalue weighted by Crippen LogP contribution is -1.77. The Balaban J connectivity index is 0.000000326. The van der Waals surface area contributed by atoms with Crippen LogP contribution < -0.4 is 0 Å². The summed E-state index contributed by atoms with van der Waals surface area (Å²) in [4.78, 5) is 20.1. The maximum atomic E-state index is 10.1. The van der Waals surface area contributed by atoms with Gasteiger partial charge in [-0.25, -0.2) is 10.8 Å². The average Bonchev–Trinajstić information content (AvgIpc) is 2.56. The Bertz CT molecular complexity index is 629. The Morgan fingerprint density at radius 3 is 1.23 bits per heavy atom. The van der Waals surface area contributed by atoms with E-state index < -0.39 is 0 Å². The third-order valence-corrected chi connectivity index (χ3v) is 2.19. The van der Waals surface area contributed by atoms with Crippen LogP contribution in [0.25, 0.3) is 0 Å². The summed E-state index contributed by atoms with van der Waals surface area (Å²) in [7, 11) is 0. The van der Waals surface area contributed by atoms with E-state index in [9.17, 15) is 9.59 Å². The number of carbonyl (C=O) groups excluding carboxylic acids is 2. The number of phenolic OH excluding ortho intramolecular Hbond substituents is 2.